The molecular formula is C28H14N6O3. The number of benzene rings is 5. The third-order valence-electron chi connectivity index (χ3n) is 6.96. The van der Waals surface area contributed by atoms with Crippen molar-refractivity contribution in [3.05, 3.63) is 128 Å². The molecule has 7 rings (SSSR count). The zero-order valence-corrected chi connectivity index (χ0v) is 19.0. The standard InChI is InChI=1S/C28H14N6O3/c29-33-31-17-7-9-19-15(13-17)5-11-23-25(19)36-26-20-10-8-18(32-34-30)14-16(20)6-12-24(26)28(23)22-4-2-1-3-21(22)27(35)37-28/h1-14H. The van der Waals surface area contributed by atoms with Crippen LogP contribution < -0.4 is 4.74 Å². The van der Waals surface area contributed by atoms with Crippen molar-refractivity contribution >= 4 is 38.9 Å². The van der Waals surface area contributed by atoms with E-state index in [9.17, 15) is 4.79 Å². The number of carbonyl (C=O) groups excluding carboxylic acids is 1. The van der Waals surface area contributed by atoms with Crippen molar-refractivity contribution in [1.82, 2.24) is 0 Å². The smallest absolute Gasteiger partial charge is 0.340 e. The Kier molecular flexibility index (Phi) is 4.23. The molecule has 174 valence electrons. The molecule has 0 aromatic heterocycles. The maximum Gasteiger partial charge on any atom is 0.340 e. The van der Waals surface area contributed by atoms with Crippen LogP contribution in [0.1, 0.15) is 27.0 Å². The molecule has 0 bridgehead atoms. The van der Waals surface area contributed by atoms with E-state index < -0.39 is 11.6 Å². The number of hydrogen-bond donors (Lipinski definition) is 0. The van der Waals surface area contributed by atoms with Crippen molar-refractivity contribution in [3.8, 4) is 11.5 Å². The van der Waals surface area contributed by atoms with Gasteiger partial charge < -0.3 is 9.47 Å². The van der Waals surface area contributed by atoms with Gasteiger partial charge in [0.1, 0.15) is 11.5 Å². The van der Waals surface area contributed by atoms with Crippen molar-refractivity contribution < 1.29 is 14.3 Å². The molecule has 5 aromatic carbocycles. The van der Waals surface area contributed by atoms with Crippen LogP contribution >= 0.6 is 0 Å². The van der Waals surface area contributed by atoms with Gasteiger partial charge in [0.25, 0.3) is 0 Å². The van der Waals surface area contributed by atoms with Gasteiger partial charge >= 0.3 is 5.97 Å². The van der Waals surface area contributed by atoms with E-state index in [0.29, 0.717) is 39.6 Å². The maximum absolute atomic E-state index is 13.2. The lowest BCUT2D eigenvalue weighted by Gasteiger charge is -2.37. The van der Waals surface area contributed by atoms with E-state index in [0.717, 1.165) is 27.1 Å². The van der Waals surface area contributed by atoms with E-state index in [1.54, 1.807) is 30.3 Å². The van der Waals surface area contributed by atoms with E-state index in [1.165, 1.54) is 0 Å². The summed E-state index contributed by atoms with van der Waals surface area (Å²) in [5, 5.41) is 10.6. The van der Waals surface area contributed by atoms with Crippen LogP contribution in [-0.4, -0.2) is 5.97 Å². The lowest BCUT2D eigenvalue weighted by molar-refractivity contribution is 0.0226. The van der Waals surface area contributed by atoms with Gasteiger partial charge in [0.05, 0.1) is 5.56 Å². The SMILES string of the molecule is [N-]=[N+]=Nc1ccc2c3c(ccc2c1)C1(OC(=O)c2ccccc21)c1ccc2cc(N=[N+]=[N-])ccc2c1O3. The summed E-state index contributed by atoms with van der Waals surface area (Å²) in [5.74, 6) is 0.689. The molecule has 5 aromatic rings. The van der Waals surface area contributed by atoms with Gasteiger partial charge in [0.2, 0.25) is 0 Å². The summed E-state index contributed by atoms with van der Waals surface area (Å²) in [6.45, 7) is 0. The normalized spacial score (nSPS) is 16.7. The highest BCUT2D eigenvalue weighted by molar-refractivity contribution is 6.01. The molecule has 1 spiro atoms. The van der Waals surface area contributed by atoms with Crippen LogP contribution in [0, 0.1) is 0 Å². The van der Waals surface area contributed by atoms with E-state index in [1.807, 2.05) is 54.6 Å². The minimum Gasteiger partial charge on any atom is -0.455 e. The molecule has 0 N–H and O–H groups in total. The van der Waals surface area contributed by atoms with Crippen molar-refractivity contribution in [3.63, 3.8) is 0 Å². The number of ether oxygens (including phenoxy) is 2. The molecule has 9 heteroatoms. The summed E-state index contributed by atoms with van der Waals surface area (Å²) in [5.41, 5.74) is 20.1. The summed E-state index contributed by atoms with van der Waals surface area (Å²) >= 11 is 0. The minimum absolute atomic E-state index is 0.410. The number of nitrogens with zero attached hydrogens (tertiary/aromatic N) is 6. The van der Waals surface area contributed by atoms with Gasteiger partial charge in [-0.2, -0.15) is 0 Å². The van der Waals surface area contributed by atoms with E-state index in [2.05, 4.69) is 20.1 Å². The third kappa shape index (κ3) is 2.78. The van der Waals surface area contributed by atoms with Crippen LogP contribution in [0.2, 0.25) is 0 Å². The Labute approximate surface area is 208 Å². The predicted octanol–water partition coefficient (Wildman–Crippen LogP) is 8.44. The summed E-state index contributed by atoms with van der Waals surface area (Å²) in [6.07, 6.45) is 0. The summed E-state index contributed by atoms with van der Waals surface area (Å²) in [7, 11) is 0. The third-order valence-corrected chi connectivity index (χ3v) is 6.96. The Hall–Kier alpha value is -5.49. The second-order valence-corrected chi connectivity index (χ2v) is 8.79. The van der Waals surface area contributed by atoms with Crippen LogP contribution in [0.4, 0.5) is 11.4 Å². The molecule has 0 fully saturated rings. The highest BCUT2D eigenvalue weighted by Gasteiger charge is 2.54. The van der Waals surface area contributed by atoms with Gasteiger partial charge in [0.15, 0.2) is 5.60 Å². The molecule has 2 aliphatic rings. The van der Waals surface area contributed by atoms with Crippen molar-refractivity contribution in [2.75, 3.05) is 0 Å². The number of esters is 1. The number of fused-ring (bicyclic) bond motifs is 10. The van der Waals surface area contributed by atoms with E-state index in [4.69, 9.17) is 20.5 Å². The first-order valence-electron chi connectivity index (χ1n) is 11.4. The fourth-order valence-electron chi connectivity index (χ4n) is 5.44. The lowest BCUT2D eigenvalue weighted by Crippen LogP contribution is -2.33. The number of carbonyl (C=O) groups is 1. The first-order valence-corrected chi connectivity index (χ1v) is 11.4. The van der Waals surface area contributed by atoms with Gasteiger partial charge in [-0.25, -0.2) is 4.79 Å². The first kappa shape index (κ1) is 20.8. The summed E-state index contributed by atoms with van der Waals surface area (Å²) < 4.78 is 12.9. The second kappa shape index (κ2) is 7.50. The average Bonchev–Trinajstić information content (AvgIpc) is 3.21. The van der Waals surface area contributed by atoms with Crippen LogP contribution in [0.5, 0.6) is 11.5 Å². The highest BCUT2D eigenvalue weighted by atomic mass is 16.6. The van der Waals surface area contributed by atoms with E-state index in [-0.39, 0.29) is 0 Å². The average molecular weight is 482 g/mol. The zero-order valence-electron chi connectivity index (χ0n) is 19.0. The second-order valence-electron chi connectivity index (χ2n) is 8.79. The summed E-state index contributed by atoms with van der Waals surface area (Å²) in [6, 6.07) is 25.7. The van der Waals surface area contributed by atoms with Crippen LogP contribution in [0.15, 0.2) is 95.2 Å². The monoisotopic (exact) mass is 482 g/mol. The Balaban J connectivity index is 1.60. The molecule has 0 radical (unpaired) electrons. The quantitative estimate of drug-likeness (QED) is 0.108. The van der Waals surface area contributed by atoms with Crippen LogP contribution in [-0.2, 0) is 10.3 Å². The molecule has 0 saturated carbocycles. The Bertz CT molecular complexity index is 1830. The Morgan fingerprint density at radius 2 is 1.24 bits per heavy atom. The van der Waals surface area contributed by atoms with Gasteiger partial charge in [-0.3, -0.25) is 0 Å². The van der Waals surface area contributed by atoms with Gasteiger partial charge in [0, 0.05) is 48.7 Å². The van der Waals surface area contributed by atoms with Gasteiger partial charge in [-0.05, 0) is 52.2 Å². The maximum atomic E-state index is 13.2. The lowest BCUT2D eigenvalue weighted by atomic mass is 9.76. The zero-order chi connectivity index (χ0) is 25.1. The molecule has 0 aliphatic carbocycles. The largest absolute Gasteiger partial charge is 0.455 e. The molecule has 37 heavy (non-hydrogen) atoms. The van der Waals surface area contributed by atoms with Crippen molar-refractivity contribution in [1.29, 1.82) is 0 Å². The molecule has 2 heterocycles. The molecule has 0 atom stereocenters. The van der Waals surface area contributed by atoms with Crippen LogP contribution in [0.25, 0.3) is 42.4 Å². The number of azide groups is 2. The number of rotatable bonds is 2. The molecule has 0 amide bonds. The Morgan fingerprint density at radius 3 is 1.81 bits per heavy atom. The Morgan fingerprint density at radius 1 is 0.676 bits per heavy atom. The van der Waals surface area contributed by atoms with Crippen LogP contribution in [0.3, 0.4) is 0 Å². The number of hydrogen-bond acceptors (Lipinski definition) is 5. The highest BCUT2D eigenvalue weighted by Crippen LogP contribution is 2.59. The molecule has 2 aliphatic heterocycles. The van der Waals surface area contributed by atoms with Crippen molar-refractivity contribution in [2.45, 2.75) is 5.60 Å². The van der Waals surface area contributed by atoms with Gasteiger partial charge in [-0.15, -0.1) is 0 Å². The van der Waals surface area contributed by atoms with Crippen molar-refractivity contribution in [2.24, 2.45) is 10.2 Å². The molecular weight excluding hydrogens is 468 g/mol. The van der Waals surface area contributed by atoms with Gasteiger partial charge in [-0.1, -0.05) is 64.8 Å². The molecule has 0 unspecified atom stereocenters. The molecule has 9 nitrogen and oxygen atoms in total. The minimum atomic E-state index is -1.22. The summed E-state index contributed by atoms with van der Waals surface area (Å²) in [4.78, 5) is 18.9. The fraction of sp³-hybridized carbons (Fsp3) is 0.0357. The predicted molar refractivity (Wildman–Crippen MR) is 137 cm³/mol. The molecule has 0 saturated heterocycles. The fourth-order valence-corrected chi connectivity index (χ4v) is 5.44. The first-order chi connectivity index (χ1) is 18.1. The topological polar surface area (TPSA) is 133 Å². The van der Waals surface area contributed by atoms with E-state index >= 15 is 0 Å².